The van der Waals surface area contributed by atoms with Gasteiger partial charge >= 0.3 is 11.9 Å². The van der Waals surface area contributed by atoms with Gasteiger partial charge in [-0.25, -0.2) is 4.79 Å². The van der Waals surface area contributed by atoms with E-state index in [1.165, 1.54) is 6.92 Å². The standard InChI is InChI=1S/C18H32N4O7/c1-8(2)13(21-15(25)10(5)19)17(27)20-11(6-7-12(23)24)16(26)22-14(9(3)4)18(28)29/h8-11,13-14H,6-7,19H2,1-5H3,(H,20,27)(H,21,25)(H,22,26)(H,23,24)(H,28,29). The van der Waals surface area contributed by atoms with E-state index in [-0.39, 0.29) is 12.3 Å². The fourth-order valence-electron chi connectivity index (χ4n) is 2.39. The molecule has 0 bridgehead atoms. The zero-order valence-corrected chi connectivity index (χ0v) is 17.4. The minimum atomic E-state index is -1.28. The Kier molecular flexibility index (Phi) is 10.9. The molecular formula is C18H32N4O7. The predicted molar refractivity (Wildman–Crippen MR) is 104 cm³/mol. The minimum absolute atomic E-state index is 0.247. The van der Waals surface area contributed by atoms with Gasteiger partial charge in [-0.15, -0.1) is 0 Å². The molecule has 0 aliphatic rings. The van der Waals surface area contributed by atoms with Crippen LogP contribution in [0.5, 0.6) is 0 Å². The molecule has 7 N–H and O–H groups in total. The average molecular weight is 416 g/mol. The largest absolute Gasteiger partial charge is 0.481 e. The summed E-state index contributed by atoms with van der Waals surface area (Å²) >= 11 is 0. The number of nitrogens with two attached hydrogens (primary N) is 1. The van der Waals surface area contributed by atoms with Crippen molar-refractivity contribution in [3.8, 4) is 0 Å². The summed E-state index contributed by atoms with van der Waals surface area (Å²) in [6, 6.07) is -4.34. The SMILES string of the molecule is CC(N)C(=O)NC(C(=O)NC(CCC(=O)O)C(=O)NC(C(=O)O)C(C)C)C(C)C. The molecule has 0 spiro atoms. The van der Waals surface area contributed by atoms with Crippen LogP contribution in [0.25, 0.3) is 0 Å². The summed E-state index contributed by atoms with van der Waals surface area (Å²) in [7, 11) is 0. The van der Waals surface area contributed by atoms with Crippen LogP contribution in [0.4, 0.5) is 0 Å². The van der Waals surface area contributed by atoms with Gasteiger partial charge in [0.05, 0.1) is 6.04 Å². The zero-order valence-electron chi connectivity index (χ0n) is 17.4. The van der Waals surface area contributed by atoms with E-state index in [1.54, 1.807) is 27.7 Å². The lowest BCUT2D eigenvalue weighted by molar-refractivity contribution is -0.144. The summed E-state index contributed by atoms with van der Waals surface area (Å²) in [6.07, 6.45) is -0.667. The van der Waals surface area contributed by atoms with Gasteiger partial charge < -0.3 is 31.9 Å². The van der Waals surface area contributed by atoms with E-state index in [0.717, 1.165) is 0 Å². The maximum atomic E-state index is 12.6. The number of carboxylic acid groups (broad SMARTS) is 2. The van der Waals surface area contributed by atoms with Gasteiger partial charge in [0.2, 0.25) is 17.7 Å². The summed E-state index contributed by atoms with van der Waals surface area (Å²) < 4.78 is 0. The average Bonchev–Trinajstić information content (AvgIpc) is 2.58. The fraction of sp³-hybridized carbons (Fsp3) is 0.722. The Bertz CT molecular complexity index is 619. The molecule has 29 heavy (non-hydrogen) atoms. The van der Waals surface area contributed by atoms with Crippen molar-refractivity contribution in [1.29, 1.82) is 0 Å². The zero-order chi connectivity index (χ0) is 22.9. The molecule has 0 rings (SSSR count). The number of hydrogen-bond donors (Lipinski definition) is 6. The van der Waals surface area contributed by atoms with Crippen LogP contribution in [0.3, 0.4) is 0 Å². The minimum Gasteiger partial charge on any atom is -0.481 e. The second-order valence-electron chi connectivity index (χ2n) is 7.58. The maximum Gasteiger partial charge on any atom is 0.326 e. The Balaban J connectivity index is 5.44. The van der Waals surface area contributed by atoms with Gasteiger partial charge in [0.15, 0.2) is 0 Å². The van der Waals surface area contributed by atoms with Crippen LogP contribution in [0.1, 0.15) is 47.5 Å². The highest BCUT2D eigenvalue weighted by molar-refractivity contribution is 5.94. The Morgan fingerprint density at radius 3 is 1.62 bits per heavy atom. The molecule has 4 unspecified atom stereocenters. The number of hydrogen-bond acceptors (Lipinski definition) is 6. The van der Waals surface area contributed by atoms with Crippen molar-refractivity contribution in [3.63, 3.8) is 0 Å². The van der Waals surface area contributed by atoms with E-state index < -0.39 is 66.2 Å². The third-order valence-corrected chi connectivity index (χ3v) is 4.17. The lowest BCUT2D eigenvalue weighted by Crippen LogP contribution is -2.58. The van der Waals surface area contributed by atoms with Crippen molar-refractivity contribution in [1.82, 2.24) is 16.0 Å². The molecule has 3 amide bonds. The highest BCUT2D eigenvalue weighted by atomic mass is 16.4. The molecule has 166 valence electrons. The van der Waals surface area contributed by atoms with Gasteiger partial charge in [-0.05, 0) is 25.2 Å². The fourth-order valence-corrected chi connectivity index (χ4v) is 2.39. The van der Waals surface area contributed by atoms with Gasteiger partial charge in [0.25, 0.3) is 0 Å². The van der Waals surface area contributed by atoms with Crippen molar-refractivity contribution in [2.75, 3.05) is 0 Å². The lowest BCUT2D eigenvalue weighted by Gasteiger charge is -2.27. The molecule has 4 atom stereocenters. The first kappa shape index (κ1) is 26.3. The van der Waals surface area contributed by atoms with Crippen LogP contribution in [0, 0.1) is 11.8 Å². The van der Waals surface area contributed by atoms with Crippen molar-refractivity contribution >= 4 is 29.7 Å². The van der Waals surface area contributed by atoms with E-state index in [1.807, 2.05) is 0 Å². The highest BCUT2D eigenvalue weighted by Gasteiger charge is 2.32. The maximum absolute atomic E-state index is 12.6. The number of carbonyl (C=O) groups is 5. The Hall–Kier alpha value is -2.69. The monoisotopic (exact) mass is 416 g/mol. The number of nitrogens with one attached hydrogen (secondary N) is 3. The van der Waals surface area contributed by atoms with Crippen molar-refractivity contribution in [3.05, 3.63) is 0 Å². The Morgan fingerprint density at radius 1 is 0.759 bits per heavy atom. The van der Waals surface area contributed by atoms with Gasteiger partial charge in [0.1, 0.15) is 18.1 Å². The summed E-state index contributed by atoms with van der Waals surface area (Å²) in [6.45, 7) is 8.00. The summed E-state index contributed by atoms with van der Waals surface area (Å²) in [5.41, 5.74) is 5.50. The third kappa shape index (κ3) is 9.37. The molecule has 11 nitrogen and oxygen atoms in total. The second kappa shape index (κ2) is 12.0. The lowest BCUT2D eigenvalue weighted by atomic mass is 10.0. The smallest absolute Gasteiger partial charge is 0.326 e. The van der Waals surface area contributed by atoms with E-state index in [4.69, 9.17) is 10.8 Å². The predicted octanol–water partition coefficient (Wildman–Crippen LogP) is -0.951. The first-order valence-corrected chi connectivity index (χ1v) is 9.39. The molecule has 0 radical (unpaired) electrons. The molecule has 0 heterocycles. The van der Waals surface area contributed by atoms with Crippen molar-refractivity contribution in [2.45, 2.75) is 71.6 Å². The summed E-state index contributed by atoms with van der Waals surface area (Å²) in [5.74, 6) is -5.28. The molecule has 0 aromatic rings. The summed E-state index contributed by atoms with van der Waals surface area (Å²) in [4.78, 5) is 59.3. The topological polar surface area (TPSA) is 188 Å². The van der Waals surface area contributed by atoms with E-state index in [0.29, 0.717) is 0 Å². The van der Waals surface area contributed by atoms with Crippen LogP contribution in [0.2, 0.25) is 0 Å². The van der Waals surface area contributed by atoms with Crippen LogP contribution >= 0.6 is 0 Å². The number of aliphatic carboxylic acids is 2. The van der Waals surface area contributed by atoms with Crippen LogP contribution < -0.4 is 21.7 Å². The van der Waals surface area contributed by atoms with E-state index >= 15 is 0 Å². The normalized spacial score (nSPS) is 15.2. The van der Waals surface area contributed by atoms with Crippen LogP contribution in [-0.4, -0.2) is 64.0 Å². The molecular weight excluding hydrogens is 384 g/mol. The molecule has 0 aliphatic heterocycles. The molecule has 0 fully saturated rings. The number of carboxylic acids is 2. The molecule has 0 aliphatic carbocycles. The molecule has 0 aromatic carbocycles. The van der Waals surface area contributed by atoms with Gasteiger partial charge in [-0.1, -0.05) is 27.7 Å². The molecule has 0 saturated heterocycles. The molecule has 0 saturated carbocycles. The molecule has 0 aromatic heterocycles. The van der Waals surface area contributed by atoms with Crippen LogP contribution in [-0.2, 0) is 24.0 Å². The number of amides is 3. The van der Waals surface area contributed by atoms with Crippen molar-refractivity contribution < 1.29 is 34.2 Å². The second-order valence-corrected chi connectivity index (χ2v) is 7.58. The van der Waals surface area contributed by atoms with Gasteiger partial charge in [-0.2, -0.15) is 0 Å². The first-order chi connectivity index (χ1) is 13.3. The highest BCUT2D eigenvalue weighted by Crippen LogP contribution is 2.07. The van der Waals surface area contributed by atoms with E-state index in [2.05, 4.69) is 16.0 Å². The van der Waals surface area contributed by atoms with Gasteiger partial charge in [0, 0.05) is 6.42 Å². The molecule has 11 heteroatoms. The Morgan fingerprint density at radius 2 is 1.24 bits per heavy atom. The quantitative estimate of drug-likeness (QED) is 0.235. The summed E-state index contributed by atoms with van der Waals surface area (Å²) in [5, 5.41) is 25.4. The third-order valence-electron chi connectivity index (χ3n) is 4.17. The van der Waals surface area contributed by atoms with Crippen molar-refractivity contribution in [2.24, 2.45) is 17.6 Å². The van der Waals surface area contributed by atoms with E-state index in [9.17, 15) is 29.1 Å². The van der Waals surface area contributed by atoms with Crippen LogP contribution in [0.15, 0.2) is 0 Å². The first-order valence-electron chi connectivity index (χ1n) is 9.39. The Labute approximate surface area is 169 Å². The number of rotatable bonds is 12. The number of carbonyl (C=O) groups excluding carboxylic acids is 3. The van der Waals surface area contributed by atoms with Gasteiger partial charge in [-0.3, -0.25) is 19.2 Å².